The molecule has 48 heavy (non-hydrogen) atoms. The number of carbonyl (C=O) groups is 7. The molecule has 0 aliphatic carbocycles. The number of nitrogens with zero attached hydrogens (tertiary/aromatic N) is 3. The second kappa shape index (κ2) is 18.8. The lowest BCUT2D eigenvalue weighted by molar-refractivity contribution is -0.150. The molecule has 0 aromatic rings. The highest BCUT2D eigenvalue weighted by molar-refractivity contribution is 5.96. The molecule has 2 aliphatic rings. The maximum absolute atomic E-state index is 13.7. The molecule has 2 fully saturated rings. The number of amides is 5. The Hall–Kier alpha value is -4.48. The first-order chi connectivity index (χ1) is 22.5. The first-order valence-corrected chi connectivity index (χ1v) is 16.3. The summed E-state index contributed by atoms with van der Waals surface area (Å²) in [6, 6.07) is -6.48. The van der Waals surface area contributed by atoms with Gasteiger partial charge in [-0.25, -0.2) is 4.79 Å². The van der Waals surface area contributed by atoms with Crippen LogP contribution >= 0.6 is 0 Å². The van der Waals surface area contributed by atoms with E-state index in [2.05, 4.69) is 20.9 Å². The molecule has 18 nitrogen and oxygen atoms in total. The summed E-state index contributed by atoms with van der Waals surface area (Å²) in [5, 5.41) is 26.7. The molecule has 2 heterocycles. The minimum atomic E-state index is -1.36. The lowest BCUT2D eigenvalue weighted by Gasteiger charge is -2.30. The number of likely N-dealkylation sites (tertiary alicyclic amines) is 2. The molecule has 0 aromatic carbocycles. The number of carbonyl (C=O) groups excluding carboxylic acids is 5. The van der Waals surface area contributed by atoms with E-state index in [1.807, 2.05) is 0 Å². The van der Waals surface area contributed by atoms with E-state index in [1.165, 1.54) is 11.8 Å². The van der Waals surface area contributed by atoms with E-state index in [0.29, 0.717) is 25.8 Å². The standard InChI is InChI=1S/C30H51N9O9/c1-16(2)15-20(25(43)36-19(10-11-23(40)41)28(46)39-14-6-9-22(39)29(47)48)37-24(42)18(7-4-12-34-30(32)33)35-26(44)21-8-5-13-38(21)27(45)17(3)31/h16-22H,4-15,31H2,1-3H3,(H,35,44)(H,36,43)(H,37,42)(H,40,41)(H,47,48)(H4,32,33,34)/t17-,18-,19-,20-,21-,22-/m0/s1. The Bertz CT molecular complexity index is 1220. The van der Waals surface area contributed by atoms with E-state index in [4.69, 9.17) is 17.2 Å². The van der Waals surface area contributed by atoms with E-state index in [0.717, 1.165) is 4.90 Å². The average Bonchev–Trinajstić information content (AvgIpc) is 3.69. The maximum atomic E-state index is 13.7. The van der Waals surface area contributed by atoms with Crippen LogP contribution in [0.25, 0.3) is 0 Å². The Morgan fingerprint density at radius 1 is 0.792 bits per heavy atom. The number of nitrogens with two attached hydrogens (primary N) is 3. The van der Waals surface area contributed by atoms with Crippen molar-refractivity contribution in [1.82, 2.24) is 25.8 Å². The first-order valence-electron chi connectivity index (χ1n) is 16.3. The SMILES string of the molecule is CC(C)C[C@H](NC(=O)[C@H](CCCN=C(N)N)NC(=O)[C@@H]1CCCN1C(=O)[C@H](C)N)C(=O)N[C@@H](CCC(=O)O)C(=O)N1CCC[C@H]1C(=O)O. The van der Waals surface area contributed by atoms with Crippen LogP contribution in [0, 0.1) is 5.92 Å². The van der Waals surface area contributed by atoms with E-state index in [-0.39, 0.29) is 57.1 Å². The molecule has 11 N–H and O–H groups in total. The van der Waals surface area contributed by atoms with Crippen molar-refractivity contribution in [2.75, 3.05) is 19.6 Å². The van der Waals surface area contributed by atoms with Crippen LogP contribution in [0.15, 0.2) is 4.99 Å². The predicted octanol–water partition coefficient (Wildman–Crippen LogP) is -2.18. The summed E-state index contributed by atoms with van der Waals surface area (Å²) >= 11 is 0. The monoisotopic (exact) mass is 681 g/mol. The van der Waals surface area contributed by atoms with Gasteiger partial charge in [-0.05, 0) is 64.2 Å². The van der Waals surface area contributed by atoms with Crippen molar-refractivity contribution in [3.63, 3.8) is 0 Å². The third-order valence-electron chi connectivity index (χ3n) is 8.23. The molecular weight excluding hydrogens is 630 g/mol. The minimum Gasteiger partial charge on any atom is -0.481 e. The van der Waals surface area contributed by atoms with Crippen molar-refractivity contribution < 1.29 is 43.8 Å². The number of aliphatic imine (C=N–C) groups is 1. The Morgan fingerprint density at radius 2 is 1.35 bits per heavy atom. The van der Waals surface area contributed by atoms with Crippen LogP contribution < -0.4 is 33.2 Å². The van der Waals surface area contributed by atoms with Crippen molar-refractivity contribution >= 4 is 47.4 Å². The van der Waals surface area contributed by atoms with Crippen molar-refractivity contribution in [3.8, 4) is 0 Å². The second-order valence-electron chi connectivity index (χ2n) is 12.7. The van der Waals surface area contributed by atoms with Crippen LogP contribution in [0.1, 0.15) is 78.6 Å². The molecule has 2 rings (SSSR count). The van der Waals surface area contributed by atoms with Crippen LogP contribution in [-0.2, 0) is 33.6 Å². The largest absolute Gasteiger partial charge is 0.481 e. The molecule has 270 valence electrons. The molecular formula is C30H51N9O9. The summed E-state index contributed by atoms with van der Waals surface area (Å²) in [4.78, 5) is 96.2. The molecule has 0 saturated carbocycles. The summed E-state index contributed by atoms with van der Waals surface area (Å²) in [5.74, 6) is -5.88. The van der Waals surface area contributed by atoms with Gasteiger partial charge in [-0.2, -0.15) is 0 Å². The van der Waals surface area contributed by atoms with Gasteiger partial charge < -0.3 is 53.2 Å². The van der Waals surface area contributed by atoms with Crippen LogP contribution in [0.4, 0.5) is 0 Å². The highest BCUT2D eigenvalue weighted by Gasteiger charge is 2.40. The summed E-state index contributed by atoms with van der Waals surface area (Å²) < 4.78 is 0. The normalized spacial score (nSPS) is 19.9. The molecule has 0 bridgehead atoms. The number of guanidine groups is 1. The van der Waals surface area contributed by atoms with E-state index in [1.54, 1.807) is 13.8 Å². The fraction of sp³-hybridized carbons (Fsp3) is 0.733. The third kappa shape index (κ3) is 12.0. The van der Waals surface area contributed by atoms with Crippen molar-refractivity contribution in [2.24, 2.45) is 28.1 Å². The summed E-state index contributed by atoms with van der Waals surface area (Å²) in [5.41, 5.74) is 16.6. The number of aliphatic carboxylic acids is 2. The van der Waals surface area contributed by atoms with E-state index < -0.39 is 84.1 Å². The Kier molecular flexibility index (Phi) is 15.5. The van der Waals surface area contributed by atoms with Gasteiger partial charge in [0, 0.05) is 26.1 Å². The van der Waals surface area contributed by atoms with Gasteiger partial charge in [-0.3, -0.25) is 33.8 Å². The Morgan fingerprint density at radius 3 is 1.90 bits per heavy atom. The molecule has 5 amide bonds. The number of carboxylic acid groups (broad SMARTS) is 2. The molecule has 6 atom stereocenters. The zero-order valence-electron chi connectivity index (χ0n) is 27.9. The maximum Gasteiger partial charge on any atom is 0.326 e. The average molecular weight is 682 g/mol. The van der Waals surface area contributed by atoms with Crippen LogP contribution in [0.3, 0.4) is 0 Å². The summed E-state index contributed by atoms with van der Waals surface area (Å²) in [6.45, 7) is 5.75. The number of rotatable bonds is 18. The second-order valence-corrected chi connectivity index (χ2v) is 12.7. The van der Waals surface area contributed by atoms with Gasteiger partial charge in [0.05, 0.1) is 6.04 Å². The molecule has 2 aliphatic heterocycles. The highest BCUT2D eigenvalue weighted by atomic mass is 16.4. The van der Waals surface area contributed by atoms with Crippen molar-refractivity contribution in [3.05, 3.63) is 0 Å². The van der Waals surface area contributed by atoms with Crippen LogP contribution in [-0.4, -0.2) is 123 Å². The van der Waals surface area contributed by atoms with Gasteiger partial charge in [0.25, 0.3) is 0 Å². The number of nitrogens with one attached hydrogen (secondary N) is 3. The smallest absolute Gasteiger partial charge is 0.326 e. The fourth-order valence-electron chi connectivity index (χ4n) is 5.87. The third-order valence-corrected chi connectivity index (χ3v) is 8.23. The fourth-order valence-corrected chi connectivity index (χ4v) is 5.87. The topological polar surface area (TPSA) is 293 Å². The minimum absolute atomic E-state index is 0.0730. The van der Waals surface area contributed by atoms with Crippen LogP contribution in [0.2, 0.25) is 0 Å². The lowest BCUT2D eigenvalue weighted by atomic mass is 10.0. The highest BCUT2D eigenvalue weighted by Crippen LogP contribution is 2.21. The Balaban J connectivity index is 2.28. The summed E-state index contributed by atoms with van der Waals surface area (Å²) in [6.07, 6.45) is 1.29. The van der Waals surface area contributed by atoms with Crippen molar-refractivity contribution in [2.45, 2.75) is 115 Å². The van der Waals surface area contributed by atoms with Gasteiger partial charge in [0.15, 0.2) is 5.96 Å². The van der Waals surface area contributed by atoms with Gasteiger partial charge >= 0.3 is 11.9 Å². The number of carboxylic acids is 2. The number of hydrogen-bond donors (Lipinski definition) is 8. The zero-order chi connectivity index (χ0) is 36.1. The van der Waals surface area contributed by atoms with Gasteiger partial charge in [-0.1, -0.05) is 13.8 Å². The molecule has 0 aromatic heterocycles. The van der Waals surface area contributed by atoms with E-state index in [9.17, 15) is 43.8 Å². The van der Waals surface area contributed by atoms with Gasteiger partial charge in [0.2, 0.25) is 29.5 Å². The first kappa shape index (κ1) is 39.7. The lowest BCUT2D eigenvalue weighted by Crippen LogP contribution is -2.59. The van der Waals surface area contributed by atoms with Gasteiger partial charge in [-0.15, -0.1) is 0 Å². The quantitative estimate of drug-likeness (QED) is 0.0435. The van der Waals surface area contributed by atoms with Crippen molar-refractivity contribution in [1.29, 1.82) is 0 Å². The Labute approximate surface area is 279 Å². The molecule has 0 unspecified atom stereocenters. The van der Waals surface area contributed by atoms with Gasteiger partial charge in [0.1, 0.15) is 30.2 Å². The number of hydrogen-bond acceptors (Lipinski definition) is 9. The predicted molar refractivity (Wildman–Crippen MR) is 173 cm³/mol. The van der Waals surface area contributed by atoms with E-state index >= 15 is 0 Å². The molecule has 2 saturated heterocycles. The zero-order valence-corrected chi connectivity index (χ0v) is 27.9. The molecule has 0 spiro atoms. The molecule has 18 heteroatoms. The van der Waals surface area contributed by atoms with Crippen LogP contribution in [0.5, 0.6) is 0 Å². The summed E-state index contributed by atoms with van der Waals surface area (Å²) in [7, 11) is 0. The molecule has 0 radical (unpaired) electrons.